The van der Waals surface area contributed by atoms with Crippen LogP contribution in [0.4, 0.5) is 0 Å². The van der Waals surface area contributed by atoms with Gasteiger partial charge in [-0.15, -0.1) is 0 Å². The summed E-state index contributed by atoms with van der Waals surface area (Å²) in [5, 5.41) is 9.82. The smallest absolute Gasteiger partial charge is 0.0906 e. The summed E-state index contributed by atoms with van der Waals surface area (Å²) in [5.41, 5.74) is -1.24. The molecular weight excluding hydrogens is 176 g/mol. The van der Waals surface area contributed by atoms with Gasteiger partial charge in [-0.2, -0.15) is 0 Å². The van der Waals surface area contributed by atoms with Crippen molar-refractivity contribution in [3.8, 4) is 0 Å². The highest BCUT2D eigenvalue weighted by atomic mass is 16.5. The number of ether oxygens (including phenoxy) is 1. The Hall–Kier alpha value is -0.0800. The first-order valence-corrected chi connectivity index (χ1v) is 5.67. The number of hydrogen-bond acceptors (Lipinski definition) is 2. The summed E-state index contributed by atoms with van der Waals surface area (Å²) >= 11 is 0. The van der Waals surface area contributed by atoms with Crippen molar-refractivity contribution >= 4 is 0 Å². The first kappa shape index (κ1) is 13.9. The van der Waals surface area contributed by atoms with Gasteiger partial charge in [0.15, 0.2) is 0 Å². The Morgan fingerprint density at radius 1 is 1.00 bits per heavy atom. The van der Waals surface area contributed by atoms with Crippen LogP contribution in [0, 0.1) is 0 Å². The molecule has 0 aliphatic rings. The topological polar surface area (TPSA) is 29.5 Å². The van der Waals surface area contributed by atoms with E-state index in [2.05, 4.69) is 6.92 Å². The molecule has 0 radical (unpaired) electrons. The van der Waals surface area contributed by atoms with Crippen molar-refractivity contribution in [2.75, 3.05) is 6.61 Å². The maximum Gasteiger partial charge on any atom is 0.0906 e. The van der Waals surface area contributed by atoms with Crippen molar-refractivity contribution in [3.05, 3.63) is 0 Å². The van der Waals surface area contributed by atoms with E-state index >= 15 is 0 Å². The zero-order valence-corrected chi connectivity index (χ0v) is 10.4. The number of unbranched alkanes of at least 4 members (excludes halogenated alkanes) is 3. The summed E-state index contributed by atoms with van der Waals surface area (Å²) < 4.78 is 5.69. The van der Waals surface area contributed by atoms with Gasteiger partial charge in [-0.3, -0.25) is 0 Å². The predicted molar refractivity (Wildman–Crippen MR) is 60.5 cm³/mol. The van der Waals surface area contributed by atoms with Crippen molar-refractivity contribution in [1.82, 2.24) is 0 Å². The van der Waals surface area contributed by atoms with Crippen molar-refractivity contribution in [2.24, 2.45) is 0 Å². The molecule has 0 heterocycles. The quantitative estimate of drug-likeness (QED) is 0.643. The fraction of sp³-hybridized carbons (Fsp3) is 1.00. The normalized spacial score (nSPS) is 13.3. The van der Waals surface area contributed by atoms with Gasteiger partial charge in [-0.05, 0) is 34.1 Å². The molecule has 0 unspecified atom stereocenters. The van der Waals surface area contributed by atoms with Crippen LogP contribution in [0.5, 0.6) is 0 Å². The van der Waals surface area contributed by atoms with E-state index in [1.807, 2.05) is 13.8 Å². The van der Waals surface area contributed by atoms with E-state index in [-0.39, 0.29) is 0 Å². The largest absolute Gasteiger partial charge is 0.387 e. The molecule has 14 heavy (non-hydrogen) atoms. The molecule has 2 heteroatoms. The fourth-order valence-electron chi connectivity index (χ4n) is 1.03. The molecule has 0 saturated carbocycles. The number of aliphatic hydroxyl groups is 1. The Morgan fingerprint density at radius 2 is 1.57 bits per heavy atom. The molecule has 0 aliphatic carbocycles. The molecule has 0 aromatic heterocycles. The Labute approximate surface area is 88.7 Å². The maximum atomic E-state index is 9.82. The molecule has 0 amide bonds. The summed E-state index contributed by atoms with van der Waals surface area (Å²) in [6, 6.07) is 0. The highest BCUT2D eigenvalue weighted by Crippen LogP contribution is 2.25. The highest BCUT2D eigenvalue weighted by Gasteiger charge is 2.35. The Morgan fingerprint density at radius 3 is 2.00 bits per heavy atom. The summed E-state index contributed by atoms with van der Waals surface area (Å²) in [6.45, 7) is 10.4. The third kappa shape index (κ3) is 4.97. The van der Waals surface area contributed by atoms with Crippen LogP contribution in [0.3, 0.4) is 0 Å². The third-order valence-electron chi connectivity index (χ3n) is 2.93. The van der Waals surface area contributed by atoms with Gasteiger partial charge in [0, 0.05) is 6.61 Å². The van der Waals surface area contributed by atoms with E-state index in [1.165, 1.54) is 19.3 Å². The molecule has 86 valence electrons. The van der Waals surface area contributed by atoms with Crippen LogP contribution in [0.25, 0.3) is 0 Å². The number of hydrogen-bond donors (Lipinski definition) is 1. The Bertz CT molecular complexity index is 145. The lowest BCUT2D eigenvalue weighted by molar-refractivity contribution is -0.147. The van der Waals surface area contributed by atoms with E-state index < -0.39 is 11.2 Å². The van der Waals surface area contributed by atoms with Gasteiger partial charge in [0.05, 0.1) is 11.2 Å². The predicted octanol–water partition coefficient (Wildman–Crippen LogP) is 3.13. The standard InChI is InChI=1S/C12H26O2/c1-6-7-8-9-10-14-12(4,5)11(2,3)13/h13H,6-10H2,1-5H3. The maximum absolute atomic E-state index is 9.82. The number of rotatable bonds is 7. The second kappa shape index (κ2) is 5.72. The second-order valence-electron chi connectivity index (χ2n) is 4.98. The molecule has 1 N–H and O–H groups in total. The average Bonchev–Trinajstić information content (AvgIpc) is 2.02. The molecule has 0 spiro atoms. The highest BCUT2D eigenvalue weighted by molar-refractivity contribution is 4.87. The van der Waals surface area contributed by atoms with E-state index in [1.54, 1.807) is 13.8 Å². The monoisotopic (exact) mass is 202 g/mol. The minimum atomic E-state index is -0.780. The summed E-state index contributed by atoms with van der Waals surface area (Å²) in [6.07, 6.45) is 4.83. The molecule has 0 atom stereocenters. The van der Waals surface area contributed by atoms with Crippen molar-refractivity contribution in [3.63, 3.8) is 0 Å². The lowest BCUT2D eigenvalue weighted by atomic mass is 9.89. The minimum absolute atomic E-state index is 0.459. The van der Waals surface area contributed by atoms with Crippen LogP contribution in [0.15, 0.2) is 0 Å². The van der Waals surface area contributed by atoms with Crippen LogP contribution in [0.2, 0.25) is 0 Å². The Kier molecular flexibility index (Phi) is 5.68. The van der Waals surface area contributed by atoms with Crippen LogP contribution in [0.1, 0.15) is 60.3 Å². The molecule has 0 bridgehead atoms. The summed E-state index contributed by atoms with van der Waals surface area (Å²) in [5.74, 6) is 0. The van der Waals surface area contributed by atoms with E-state index in [0.717, 1.165) is 13.0 Å². The fourth-order valence-corrected chi connectivity index (χ4v) is 1.03. The van der Waals surface area contributed by atoms with Gasteiger partial charge in [-0.1, -0.05) is 26.2 Å². The third-order valence-corrected chi connectivity index (χ3v) is 2.93. The first-order valence-electron chi connectivity index (χ1n) is 5.67. The molecule has 0 fully saturated rings. The van der Waals surface area contributed by atoms with Crippen LogP contribution in [-0.2, 0) is 4.74 Å². The van der Waals surface area contributed by atoms with Crippen LogP contribution in [-0.4, -0.2) is 22.9 Å². The van der Waals surface area contributed by atoms with E-state index in [9.17, 15) is 5.11 Å². The SMILES string of the molecule is CCCCCCOC(C)(C)C(C)(C)O. The van der Waals surface area contributed by atoms with Gasteiger partial charge in [0.25, 0.3) is 0 Å². The van der Waals surface area contributed by atoms with Gasteiger partial charge in [-0.25, -0.2) is 0 Å². The lowest BCUT2D eigenvalue weighted by Crippen LogP contribution is -2.47. The minimum Gasteiger partial charge on any atom is -0.387 e. The molecule has 0 saturated heterocycles. The molecule has 0 aromatic carbocycles. The van der Waals surface area contributed by atoms with Gasteiger partial charge < -0.3 is 9.84 Å². The van der Waals surface area contributed by atoms with Crippen LogP contribution < -0.4 is 0 Å². The van der Waals surface area contributed by atoms with Gasteiger partial charge in [0.2, 0.25) is 0 Å². The summed E-state index contributed by atoms with van der Waals surface area (Å²) in [7, 11) is 0. The van der Waals surface area contributed by atoms with Gasteiger partial charge >= 0.3 is 0 Å². The van der Waals surface area contributed by atoms with Gasteiger partial charge in [0.1, 0.15) is 0 Å². The summed E-state index contributed by atoms with van der Waals surface area (Å²) in [4.78, 5) is 0. The zero-order chi connectivity index (χ0) is 11.2. The molecule has 0 aromatic rings. The molecular formula is C12H26O2. The van der Waals surface area contributed by atoms with Crippen molar-refractivity contribution < 1.29 is 9.84 Å². The van der Waals surface area contributed by atoms with E-state index in [0.29, 0.717) is 0 Å². The molecule has 0 aliphatic heterocycles. The first-order chi connectivity index (χ1) is 6.31. The van der Waals surface area contributed by atoms with Crippen molar-refractivity contribution in [2.45, 2.75) is 71.5 Å². The average molecular weight is 202 g/mol. The molecule has 0 rings (SSSR count). The van der Waals surface area contributed by atoms with E-state index in [4.69, 9.17) is 4.74 Å². The lowest BCUT2D eigenvalue weighted by Gasteiger charge is -2.37. The second-order valence-corrected chi connectivity index (χ2v) is 4.98. The zero-order valence-electron chi connectivity index (χ0n) is 10.4. The van der Waals surface area contributed by atoms with Crippen LogP contribution >= 0.6 is 0 Å². The Balaban J connectivity index is 3.67. The van der Waals surface area contributed by atoms with Crippen molar-refractivity contribution in [1.29, 1.82) is 0 Å². The molecule has 2 nitrogen and oxygen atoms in total.